The van der Waals surface area contributed by atoms with Gasteiger partial charge in [0.05, 0.1) is 5.56 Å². The largest absolute Gasteiger partial charge is 0.417 e. The molecule has 1 saturated heterocycles. The van der Waals surface area contributed by atoms with Crippen molar-refractivity contribution in [3.05, 3.63) is 35.4 Å². The van der Waals surface area contributed by atoms with E-state index < -0.39 is 17.5 Å². The summed E-state index contributed by atoms with van der Waals surface area (Å²) in [7, 11) is 0. The van der Waals surface area contributed by atoms with Crippen LogP contribution in [0.4, 0.5) is 13.2 Å². The molecule has 1 unspecified atom stereocenters. The molecule has 0 bridgehead atoms. The average Bonchev–Trinajstić information content (AvgIpc) is 2.88. The molecule has 1 aromatic carbocycles. The Kier molecular flexibility index (Phi) is 4.24. The maximum Gasteiger partial charge on any atom is 0.417 e. The molecule has 0 amide bonds. The van der Waals surface area contributed by atoms with Crippen molar-refractivity contribution in [3.63, 3.8) is 0 Å². The van der Waals surface area contributed by atoms with Crippen molar-refractivity contribution in [1.82, 2.24) is 5.32 Å². The van der Waals surface area contributed by atoms with Crippen LogP contribution in [0.15, 0.2) is 24.3 Å². The fourth-order valence-electron chi connectivity index (χ4n) is 2.40. The summed E-state index contributed by atoms with van der Waals surface area (Å²) >= 11 is 0. The summed E-state index contributed by atoms with van der Waals surface area (Å²) in [4.78, 5) is 11.9. The summed E-state index contributed by atoms with van der Waals surface area (Å²) in [6, 6.07) is 5.00. The monoisotopic (exact) mass is 271 g/mol. The topological polar surface area (TPSA) is 29.1 Å². The van der Waals surface area contributed by atoms with Gasteiger partial charge in [-0.2, -0.15) is 13.2 Å². The molecule has 2 rings (SSSR count). The first kappa shape index (κ1) is 14.1. The first-order valence-electron chi connectivity index (χ1n) is 6.38. The highest BCUT2D eigenvalue weighted by Gasteiger charge is 2.34. The van der Waals surface area contributed by atoms with Crippen LogP contribution in [0.5, 0.6) is 0 Å². The number of benzene rings is 1. The molecule has 1 aliphatic rings. The molecule has 0 aliphatic carbocycles. The summed E-state index contributed by atoms with van der Waals surface area (Å²) in [5.74, 6) is -0.0122. The number of hydrogen-bond donors (Lipinski definition) is 1. The Morgan fingerprint density at radius 3 is 2.68 bits per heavy atom. The van der Waals surface area contributed by atoms with E-state index in [9.17, 15) is 18.0 Å². The van der Waals surface area contributed by atoms with Crippen LogP contribution < -0.4 is 5.32 Å². The van der Waals surface area contributed by atoms with Crippen molar-refractivity contribution in [1.29, 1.82) is 0 Å². The van der Waals surface area contributed by atoms with Gasteiger partial charge in [-0.1, -0.05) is 18.2 Å². The summed E-state index contributed by atoms with van der Waals surface area (Å²) in [6.45, 7) is 1.78. The Balaban J connectivity index is 2.06. The van der Waals surface area contributed by atoms with E-state index in [2.05, 4.69) is 5.32 Å². The molecule has 1 heterocycles. The molecular formula is C14H16F3NO. The maximum atomic E-state index is 12.8. The van der Waals surface area contributed by atoms with Crippen molar-refractivity contribution in [2.75, 3.05) is 13.1 Å². The van der Waals surface area contributed by atoms with E-state index in [4.69, 9.17) is 0 Å². The lowest BCUT2D eigenvalue weighted by atomic mass is 9.95. The number of halogens is 3. The molecule has 1 aliphatic heterocycles. The highest BCUT2D eigenvalue weighted by atomic mass is 19.4. The summed E-state index contributed by atoms with van der Waals surface area (Å²) in [5.41, 5.74) is -1.04. The van der Waals surface area contributed by atoms with Crippen molar-refractivity contribution in [3.8, 4) is 0 Å². The predicted octanol–water partition coefficient (Wildman–Crippen LogP) is 3.28. The van der Waals surface area contributed by atoms with E-state index in [1.165, 1.54) is 18.2 Å². The molecule has 1 atom stereocenters. The Morgan fingerprint density at radius 2 is 2.05 bits per heavy atom. The molecule has 19 heavy (non-hydrogen) atoms. The highest BCUT2D eigenvalue weighted by Crippen LogP contribution is 2.32. The van der Waals surface area contributed by atoms with Gasteiger partial charge in [0.2, 0.25) is 0 Å². The number of nitrogens with one attached hydrogen (secondary N) is 1. The van der Waals surface area contributed by atoms with Crippen LogP contribution in [0.25, 0.3) is 0 Å². The summed E-state index contributed by atoms with van der Waals surface area (Å²) in [5, 5.41) is 3.18. The van der Waals surface area contributed by atoms with Gasteiger partial charge in [0.1, 0.15) is 0 Å². The number of carbonyl (C=O) groups excluding carboxylic acids is 1. The molecule has 0 spiro atoms. The Hall–Kier alpha value is -1.36. The molecule has 2 nitrogen and oxygen atoms in total. The summed E-state index contributed by atoms with van der Waals surface area (Å²) < 4.78 is 38.4. The number of rotatable bonds is 4. The van der Waals surface area contributed by atoms with Crippen LogP contribution >= 0.6 is 0 Å². The lowest BCUT2D eigenvalue weighted by molar-refractivity contribution is -0.137. The molecular weight excluding hydrogens is 255 g/mol. The third-order valence-corrected chi connectivity index (χ3v) is 3.47. The zero-order valence-electron chi connectivity index (χ0n) is 10.5. The SMILES string of the molecule is O=C(CCC1CCNC1)c1ccccc1C(F)(F)F. The van der Waals surface area contributed by atoms with Crippen LogP contribution in [0.3, 0.4) is 0 Å². The standard InChI is InChI=1S/C14H16F3NO/c15-14(16,17)12-4-2-1-3-11(12)13(19)6-5-10-7-8-18-9-10/h1-4,10,18H,5-9H2. The van der Waals surface area contributed by atoms with Crippen molar-refractivity contribution in [2.24, 2.45) is 5.92 Å². The third kappa shape index (κ3) is 3.56. The number of alkyl halides is 3. The molecule has 1 fully saturated rings. The predicted molar refractivity (Wildman–Crippen MR) is 66.0 cm³/mol. The van der Waals surface area contributed by atoms with Gasteiger partial charge in [-0.05, 0) is 37.9 Å². The normalized spacial score (nSPS) is 19.6. The van der Waals surface area contributed by atoms with Crippen molar-refractivity contribution < 1.29 is 18.0 Å². The van der Waals surface area contributed by atoms with Gasteiger partial charge in [0, 0.05) is 12.0 Å². The lowest BCUT2D eigenvalue weighted by Crippen LogP contribution is -2.14. The second-order valence-corrected chi connectivity index (χ2v) is 4.86. The Labute approximate surface area is 110 Å². The van der Waals surface area contributed by atoms with Gasteiger partial charge in [0.25, 0.3) is 0 Å². The van der Waals surface area contributed by atoms with Crippen LogP contribution in [0, 0.1) is 5.92 Å². The molecule has 0 radical (unpaired) electrons. The van der Waals surface area contributed by atoms with Gasteiger partial charge >= 0.3 is 6.18 Å². The first-order valence-corrected chi connectivity index (χ1v) is 6.38. The van der Waals surface area contributed by atoms with Gasteiger partial charge in [0.15, 0.2) is 5.78 Å². The van der Waals surface area contributed by atoms with E-state index in [-0.39, 0.29) is 12.0 Å². The third-order valence-electron chi connectivity index (χ3n) is 3.47. The van der Waals surface area contributed by atoms with Gasteiger partial charge in [-0.3, -0.25) is 4.79 Å². The zero-order chi connectivity index (χ0) is 13.9. The van der Waals surface area contributed by atoms with E-state index in [0.29, 0.717) is 12.3 Å². The second kappa shape index (κ2) is 5.74. The number of ketones is 1. The molecule has 104 valence electrons. The van der Waals surface area contributed by atoms with Gasteiger partial charge in [-0.25, -0.2) is 0 Å². The van der Waals surface area contributed by atoms with Crippen LogP contribution in [-0.2, 0) is 6.18 Å². The smallest absolute Gasteiger partial charge is 0.316 e. The second-order valence-electron chi connectivity index (χ2n) is 4.86. The minimum absolute atomic E-state index is 0.180. The van der Waals surface area contributed by atoms with Crippen molar-refractivity contribution in [2.45, 2.75) is 25.4 Å². The molecule has 5 heteroatoms. The van der Waals surface area contributed by atoms with Crippen LogP contribution in [0.2, 0.25) is 0 Å². The van der Waals surface area contributed by atoms with E-state index in [0.717, 1.165) is 25.6 Å². The molecule has 0 aromatic heterocycles. The molecule has 0 saturated carbocycles. The fraction of sp³-hybridized carbons (Fsp3) is 0.500. The average molecular weight is 271 g/mol. The minimum Gasteiger partial charge on any atom is -0.316 e. The van der Waals surface area contributed by atoms with Crippen LogP contribution in [0.1, 0.15) is 35.2 Å². The van der Waals surface area contributed by atoms with Gasteiger partial charge < -0.3 is 5.32 Å². The molecule has 1 N–H and O–H groups in total. The minimum atomic E-state index is -4.47. The first-order chi connectivity index (χ1) is 8.98. The lowest BCUT2D eigenvalue weighted by Gasteiger charge is -2.12. The van der Waals surface area contributed by atoms with Crippen LogP contribution in [-0.4, -0.2) is 18.9 Å². The zero-order valence-corrected chi connectivity index (χ0v) is 10.5. The molecule has 1 aromatic rings. The fourth-order valence-corrected chi connectivity index (χ4v) is 2.40. The maximum absolute atomic E-state index is 12.8. The Morgan fingerprint density at radius 1 is 1.32 bits per heavy atom. The van der Waals surface area contributed by atoms with Crippen molar-refractivity contribution >= 4 is 5.78 Å². The highest BCUT2D eigenvalue weighted by molar-refractivity contribution is 5.97. The Bertz CT molecular complexity index is 450. The van der Waals surface area contributed by atoms with E-state index in [1.807, 2.05) is 0 Å². The summed E-state index contributed by atoms with van der Waals surface area (Å²) in [6.07, 6.45) is -2.65. The van der Waals surface area contributed by atoms with E-state index >= 15 is 0 Å². The number of carbonyl (C=O) groups is 1. The number of hydrogen-bond acceptors (Lipinski definition) is 2. The number of Topliss-reactive ketones (excluding diaryl/α,β-unsaturated/α-hetero) is 1. The van der Waals surface area contributed by atoms with Gasteiger partial charge in [-0.15, -0.1) is 0 Å². The quantitative estimate of drug-likeness (QED) is 0.851. The van der Waals surface area contributed by atoms with E-state index in [1.54, 1.807) is 0 Å².